The molecule has 19 heavy (non-hydrogen) atoms. The molecule has 1 atom stereocenters. The summed E-state index contributed by atoms with van der Waals surface area (Å²) in [7, 11) is 0. The van der Waals surface area contributed by atoms with E-state index in [0.29, 0.717) is 12.0 Å². The summed E-state index contributed by atoms with van der Waals surface area (Å²) in [5, 5.41) is 4.51. The van der Waals surface area contributed by atoms with E-state index in [2.05, 4.69) is 33.4 Å². The third-order valence-corrected chi connectivity index (χ3v) is 4.66. The second kappa shape index (κ2) is 5.75. The van der Waals surface area contributed by atoms with Gasteiger partial charge in [-0.05, 0) is 38.1 Å². The standard InChI is InChI=1S/C14H24N4S/c1-10(2)9-18-7-3-4-12(18)8-15-14-16-13(17-19-14)11-5-6-11/h10-12H,3-9H2,1-2H3,(H,15,16,17)/t12-/m1/s1. The summed E-state index contributed by atoms with van der Waals surface area (Å²) in [6.45, 7) is 8.10. The summed E-state index contributed by atoms with van der Waals surface area (Å²) in [6.07, 6.45) is 5.21. The topological polar surface area (TPSA) is 41.0 Å². The molecule has 0 bridgehead atoms. The van der Waals surface area contributed by atoms with E-state index < -0.39 is 0 Å². The molecule has 0 spiro atoms. The zero-order valence-corrected chi connectivity index (χ0v) is 12.7. The Bertz CT molecular complexity index is 413. The summed E-state index contributed by atoms with van der Waals surface area (Å²) >= 11 is 1.53. The fourth-order valence-electron chi connectivity index (χ4n) is 2.85. The van der Waals surface area contributed by atoms with Gasteiger partial charge in [-0.25, -0.2) is 4.98 Å². The molecule has 1 aromatic heterocycles. The molecule has 3 rings (SSSR count). The van der Waals surface area contributed by atoms with Gasteiger partial charge in [-0.15, -0.1) is 0 Å². The Labute approximate surface area is 119 Å². The summed E-state index contributed by atoms with van der Waals surface area (Å²) in [5.41, 5.74) is 0. The van der Waals surface area contributed by atoms with Gasteiger partial charge in [0.2, 0.25) is 5.13 Å². The van der Waals surface area contributed by atoms with E-state index in [4.69, 9.17) is 0 Å². The van der Waals surface area contributed by atoms with Crippen molar-refractivity contribution in [2.24, 2.45) is 5.92 Å². The highest BCUT2D eigenvalue weighted by Crippen LogP contribution is 2.39. The lowest BCUT2D eigenvalue weighted by Crippen LogP contribution is -2.37. The molecule has 0 aromatic carbocycles. The maximum atomic E-state index is 4.60. The minimum absolute atomic E-state index is 0.663. The Hall–Kier alpha value is -0.680. The van der Waals surface area contributed by atoms with Crippen LogP contribution in [0, 0.1) is 5.92 Å². The van der Waals surface area contributed by atoms with Gasteiger partial charge in [0.1, 0.15) is 5.82 Å². The number of anilines is 1. The number of rotatable bonds is 6. The van der Waals surface area contributed by atoms with E-state index in [1.165, 1.54) is 50.3 Å². The summed E-state index contributed by atoms with van der Waals surface area (Å²) in [6, 6.07) is 0.677. The van der Waals surface area contributed by atoms with Crippen molar-refractivity contribution in [1.82, 2.24) is 14.3 Å². The highest BCUT2D eigenvalue weighted by molar-refractivity contribution is 7.09. The Morgan fingerprint density at radius 3 is 2.95 bits per heavy atom. The fraction of sp³-hybridized carbons (Fsp3) is 0.857. The lowest BCUT2D eigenvalue weighted by molar-refractivity contribution is 0.234. The summed E-state index contributed by atoms with van der Waals surface area (Å²) < 4.78 is 4.45. The van der Waals surface area contributed by atoms with Crippen molar-refractivity contribution in [3.05, 3.63) is 5.82 Å². The molecule has 0 radical (unpaired) electrons. The van der Waals surface area contributed by atoms with Crippen molar-refractivity contribution in [3.8, 4) is 0 Å². The van der Waals surface area contributed by atoms with Gasteiger partial charge in [-0.3, -0.25) is 4.90 Å². The lowest BCUT2D eigenvalue weighted by atomic mass is 10.1. The molecule has 2 heterocycles. The van der Waals surface area contributed by atoms with Crippen molar-refractivity contribution >= 4 is 16.7 Å². The van der Waals surface area contributed by atoms with Gasteiger partial charge in [0.25, 0.3) is 0 Å². The van der Waals surface area contributed by atoms with Gasteiger partial charge < -0.3 is 5.32 Å². The number of nitrogens with one attached hydrogen (secondary N) is 1. The van der Waals surface area contributed by atoms with Crippen LogP contribution in [-0.2, 0) is 0 Å². The van der Waals surface area contributed by atoms with E-state index in [0.717, 1.165) is 23.4 Å². The van der Waals surface area contributed by atoms with Gasteiger partial charge >= 0.3 is 0 Å². The third-order valence-electron chi connectivity index (χ3n) is 3.97. The van der Waals surface area contributed by atoms with Gasteiger partial charge in [-0.2, -0.15) is 4.37 Å². The molecule has 1 aliphatic carbocycles. The predicted molar refractivity (Wildman–Crippen MR) is 79.8 cm³/mol. The first kappa shape index (κ1) is 13.3. The zero-order valence-electron chi connectivity index (χ0n) is 11.9. The van der Waals surface area contributed by atoms with Crippen LogP contribution < -0.4 is 5.32 Å². The van der Waals surface area contributed by atoms with E-state index in [1.807, 2.05) is 0 Å². The second-order valence-corrected chi connectivity index (χ2v) is 7.05. The molecule has 5 heteroatoms. The van der Waals surface area contributed by atoms with Crippen LogP contribution in [0.4, 0.5) is 5.13 Å². The molecule has 4 nitrogen and oxygen atoms in total. The Morgan fingerprint density at radius 1 is 1.37 bits per heavy atom. The zero-order chi connectivity index (χ0) is 13.2. The maximum Gasteiger partial charge on any atom is 0.202 e. The minimum Gasteiger partial charge on any atom is -0.359 e. The number of hydrogen-bond acceptors (Lipinski definition) is 5. The van der Waals surface area contributed by atoms with Crippen LogP contribution in [0.1, 0.15) is 51.3 Å². The highest BCUT2D eigenvalue weighted by Gasteiger charge is 2.28. The van der Waals surface area contributed by atoms with Gasteiger partial charge in [0, 0.05) is 36.6 Å². The number of hydrogen-bond donors (Lipinski definition) is 1. The van der Waals surface area contributed by atoms with Gasteiger partial charge in [0.15, 0.2) is 0 Å². The first-order valence-electron chi connectivity index (χ1n) is 7.54. The number of likely N-dealkylation sites (tertiary alicyclic amines) is 1. The molecule has 2 fully saturated rings. The SMILES string of the molecule is CC(C)CN1CCC[C@@H]1CNc1nc(C2CC2)ns1. The van der Waals surface area contributed by atoms with E-state index in [1.54, 1.807) is 0 Å². The molecular weight excluding hydrogens is 256 g/mol. The van der Waals surface area contributed by atoms with E-state index in [-0.39, 0.29) is 0 Å². The maximum absolute atomic E-state index is 4.60. The van der Waals surface area contributed by atoms with Crippen molar-refractivity contribution in [3.63, 3.8) is 0 Å². The summed E-state index contributed by atoms with van der Waals surface area (Å²) in [5.74, 6) is 2.48. The molecule has 1 saturated carbocycles. The average molecular weight is 280 g/mol. The molecule has 1 aliphatic heterocycles. The molecule has 1 aromatic rings. The normalized spacial score (nSPS) is 24.3. The predicted octanol–water partition coefficient (Wildman–Crippen LogP) is 2.95. The molecule has 106 valence electrons. The van der Waals surface area contributed by atoms with Crippen LogP contribution >= 0.6 is 11.5 Å². The fourth-order valence-corrected chi connectivity index (χ4v) is 3.51. The molecule has 2 aliphatic rings. The quantitative estimate of drug-likeness (QED) is 0.870. The van der Waals surface area contributed by atoms with E-state index in [9.17, 15) is 0 Å². The van der Waals surface area contributed by atoms with Crippen LogP contribution in [0.25, 0.3) is 0 Å². The average Bonchev–Trinajstić information content (AvgIpc) is 2.96. The summed E-state index contributed by atoms with van der Waals surface area (Å²) in [4.78, 5) is 7.22. The molecule has 1 saturated heterocycles. The monoisotopic (exact) mass is 280 g/mol. The van der Waals surface area contributed by atoms with Crippen molar-refractivity contribution in [2.45, 2.75) is 51.5 Å². The van der Waals surface area contributed by atoms with Gasteiger partial charge in [0.05, 0.1) is 0 Å². The largest absolute Gasteiger partial charge is 0.359 e. The number of nitrogens with zero attached hydrogens (tertiary/aromatic N) is 3. The van der Waals surface area contributed by atoms with Crippen molar-refractivity contribution < 1.29 is 0 Å². The second-order valence-electron chi connectivity index (χ2n) is 6.30. The first-order chi connectivity index (χ1) is 9.22. The van der Waals surface area contributed by atoms with Crippen LogP contribution in [-0.4, -0.2) is 39.9 Å². The Kier molecular flexibility index (Phi) is 4.03. The molecular formula is C14H24N4S. The Morgan fingerprint density at radius 2 is 2.21 bits per heavy atom. The first-order valence-corrected chi connectivity index (χ1v) is 8.31. The van der Waals surface area contributed by atoms with Gasteiger partial charge in [-0.1, -0.05) is 13.8 Å². The van der Waals surface area contributed by atoms with Crippen molar-refractivity contribution in [1.29, 1.82) is 0 Å². The van der Waals surface area contributed by atoms with Crippen molar-refractivity contribution in [2.75, 3.05) is 25.0 Å². The third kappa shape index (κ3) is 3.45. The number of aromatic nitrogens is 2. The van der Waals surface area contributed by atoms with Crippen LogP contribution in [0.15, 0.2) is 0 Å². The van der Waals surface area contributed by atoms with E-state index >= 15 is 0 Å². The minimum atomic E-state index is 0.663. The molecule has 1 N–H and O–H groups in total. The Balaban J connectivity index is 1.49. The molecule has 0 unspecified atom stereocenters. The lowest BCUT2D eigenvalue weighted by Gasteiger charge is -2.26. The highest BCUT2D eigenvalue weighted by atomic mass is 32.1. The van der Waals surface area contributed by atoms with Crippen LogP contribution in [0.5, 0.6) is 0 Å². The molecule has 0 amide bonds. The van der Waals surface area contributed by atoms with Crippen LogP contribution in [0.3, 0.4) is 0 Å². The van der Waals surface area contributed by atoms with Crippen LogP contribution in [0.2, 0.25) is 0 Å². The smallest absolute Gasteiger partial charge is 0.202 e.